The van der Waals surface area contributed by atoms with Gasteiger partial charge in [-0.2, -0.15) is 0 Å². The fraction of sp³-hybridized carbons (Fsp3) is 0.0909. The Balaban J connectivity index is 2.37. The molecule has 6 heteroatoms. The minimum Gasteiger partial charge on any atom is -0.478 e. The van der Waals surface area contributed by atoms with E-state index in [9.17, 15) is 4.79 Å². The molecule has 2 aromatic rings. The normalized spacial score (nSPS) is 10.2. The zero-order chi connectivity index (χ0) is 12.4. The average molecular weight is 249 g/mol. The van der Waals surface area contributed by atoms with Crippen molar-refractivity contribution < 1.29 is 9.90 Å². The molecule has 0 bridgehead atoms. The van der Waals surface area contributed by atoms with E-state index in [1.165, 1.54) is 17.4 Å². The molecule has 17 heavy (non-hydrogen) atoms. The average Bonchev–Trinajstić information content (AvgIpc) is 2.63. The van der Waals surface area contributed by atoms with Crippen LogP contribution in [-0.4, -0.2) is 16.1 Å². The molecule has 0 unspecified atom stereocenters. The number of carboxylic acid groups (broad SMARTS) is 1. The Morgan fingerprint density at radius 1 is 1.53 bits per heavy atom. The lowest BCUT2D eigenvalue weighted by Gasteiger charge is -2.07. The van der Waals surface area contributed by atoms with Crippen molar-refractivity contribution in [3.63, 3.8) is 0 Å². The molecule has 0 spiro atoms. The van der Waals surface area contributed by atoms with E-state index >= 15 is 0 Å². The number of carbonyl (C=O) groups is 1. The molecule has 0 aliphatic heterocycles. The number of nitrogens with zero attached hydrogens (tertiary/aromatic N) is 1. The Kier molecular flexibility index (Phi) is 2.97. The molecule has 0 atom stereocenters. The van der Waals surface area contributed by atoms with Crippen LogP contribution >= 0.6 is 11.3 Å². The van der Waals surface area contributed by atoms with E-state index < -0.39 is 5.97 Å². The predicted molar refractivity (Wildman–Crippen MR) is 67.9 cm³/mol. The number of carboxylic acids is 1. The number of nitrogens with one attached hydrogen (secondary N) is 1. The molecular formula is C11H11N3O2S. The van der Waals surface area contributed by atoms with Gasteiger partial charge in [-0.15, -0.1) is 11.3 Å². The highest BCUT2D eigenvalue weighted by Gasteiger charge is 2.11. The molecule has 0 saturated carbocycles. The summed E-state index contributed by atoms with van der Waals surface area (Å²) in [5.74, 6) is -0.999. The number of anilines is 3. The quantitative estimate of drug-likeness (QED) is 0.727. The van der Waals surface area contributed by atoms with Gasteiger partial charge < -0.3 is 16.2 Å². The van der Waals surface area contributed by atoms with Crippen LogP contribution in [0.5, 0.6) is 0 Å². The van der Waals surface area contributed by atoms with Crippen LogP contribution in [-0.2, 0) is 0 Å². The van der Waals surface area contributed by atoms with Crippen molar-refractivity contribution in [3.8, 4) is 0 Å². The molecule has 1 heterocycles. The molecule has 0 aliphatic carbocycles. The van der Waals surface area contributed by atoms with E-state index in [0.29, 0.717) is 16.5 Å². The standard InChI is InChI=1S/C11H11N3O2S/c1-6-5-13-11(17-6)14-9-4-7(12)2-3-8(9)10(15)16/h2-5H,12H2,1H3,(H,13,14)(H,15,16). The van der Waals surface area contributed by atoms with Crippen molar-refractivity contribution >= 4 is 33.8 Å². The summed E-state index contributed by atoms with van der Waals surface area (Å²) in [7, 11) is 0. The van der Waals surface area contributed by atoms with Crippen LogP contribution in [0.15, 0.2) is 24.4 Å². The number of rotatable bonds is 3. The van der Waals surface area contributed by atoms with Crippen LogP contribution in [0.3, 0.4) is 0 Å². The number of aryl methyl sites for hydroxylation is 1. The smallest absolute Gasteiger partial charge is 0.337 e. The number of hydrogen-bond acceptors (Lipinski definition) is 5. The van der Waals surface area contributed by atoms with Gasteiger partial charge in [0, 0.05) is 16.8 Å². The first-order chi connectivity index (χ1) is 8.06. The van der Waals surface area contributed by atoms with Gasteiger partial charge in [0.05, 0.1) is 11.3 Å². The Labute approximate surface area is 102 Å². The molecule has 4 N–H and O–H groups in total. The fourth-order valence-electron chi connectivity index (χ4n) is 1.38. The molecule has 0 radical (unpaired) electrons. The zero-order valence-corrected chi connectivity index (χ0v) is 9.91. The molecule has 0 saturated heterocycles. The highest BCUT2D eigenvalue weighted by atomic mass is 32.1. The monoisotopic (exact) mass is 249 g/mol. The minimum atomic E-state index is -0.999. The van der Waals surface area contributed by atoms with Crippen LogP contribution in [0.4, 0.5) is 16.5 Å². The van der Waals surface area contributed by atoms with Crippen LogP contribution < -0.4 is 11.1 Å². The largest absolute Gasteiger partial charge is 0.478 e. The molecule has 1 aromatic carbocycles. The minimum absolute atomic E-state index is 0.173. The lowest BCUT2D eigenvalue weighted by Crippen LogP contribution is -2.03. The van der Waals surface area contributed by atoms with Crippen molar-refractivity contribution in [2.24, 2.45) is 0 Å². The second kappa shape index (κ2) is 4.42. The van der Waals surface area contributed by atoms with Gasteiger partial charge in [-0.1, -0.05) is 0 Å². The van der Waals surface area contributed by atoms with E-state index in [1.807, 2.05) is 6.92 Å². The second-order valence-electron chi connectivity index (χ2n) is 3.51. The zero-order valence-electron chi connectivity index (χ0n) is 9.10. The van der Waals surface area contributed by atoms with Crippen molar-refractivity contribution in [1.82, 2.24) is 4.98 Å². The molecule has 5 nitrogen and oxygen atoms in total. The Morgan fingerprint density at radius 2 is 2.29 bits per heavy atom. The van der Waals surface area contributed by atoms with Gasteiger partial charge in [0.2, 0.25) is 0 Å². The summed E-state index contributed by atoms with van der Waals surface area (Å²) in [6, 6.07) is 4.61. The van der Waals surface area contributed by atoms with Gasteiger partial charge in [-0.25, -0.2) is 9.78 Å². The van der Waals surface area contributed by atoms with Crippen LogP contribution in [0.1, 0.15) is 15.2 Å². The lowest BCUT2D eigenvalue weighted by atomic mass is 10.1. The fourth-order valence-corrected chi connectivity index (χ4v) is 2.06. The first-order valence-electron chi connectivity index (χ1n) is 4.88. The van der Waals surface area contributed by atoms with E-state index in [2.05, 4.69) is 10.3 Å². The summed E-state index contributed by atoms with van der Waals surface area (Å²) in [6.45, 7) is 1.93. The Morgan fingerprint density at radius 3 is 2.88 bits per heavy atom. The van der Waals surface area contributed by atoms with E-state index in [-0.39, 0.29) is 5.56 Å². The SMILES string of the molecule is Cc1cnc(Nc2cc(N)ccc2C(=O)O)s1. The topological polar surface area (TPSA) is 88.2 Å². The van der Waals surface area contributed by atoms with Crippen molar-refractivity contribution in [1.29, 1.82) is 0 Å². The van der Waals surface area contributed by atoms with Crippen molar-refractivity contribution in [3.05, 3.63) is 34.8 Å². The molecule has 0 aliphatic rings. The third kappa shape index (κ3) is 2.54. The maximum atomic E-state index is 11.0. The molecule has 0 fully saturated rings. The number of nitrogens with two attached hydrogens (primary N) is 1. The molecular weight excluding hydrogens is 238 g/mol. The number of benzene rings is 1. The predicted octanol–water partition coefficient (Wildman–Crippen LogP) is 2.48. The van der Waals surface area contributed by atoms with Crippen molar-refractivity contribution in [2.75, 3.05) is 11.1 Å². The number of aromatic carboxylic acids is 1. The third-order valence-corrected chi connectivity index (χ3v) is 2.97. The van der Waals surface area contributed by atoms with Gasteiger partial charge in [0.1, 0.15) is 0 Å². The third-order valence-electron chi connectivity index (χ3n) is 2.14. The summed E-state index contributed by atoms with van der Waals surface area (Å²) < 4.78 is 0. The molecule has 1 aromatic heterocycles. The molecule has 0 amide bonds. The van der Waals surface area contributed by atoms with Gasteiger partial charge in [0.25, 0.3) is 0 Å². The maximum absolute atomic E-state index is 11.0. The van der Waals surface area contributed by atoms with E-state index in [4.69, 9.17) is 10.8 Å². The highest BCUT2D eigenvalue weighted by Crippen LogP contribution is 2.26. The maximum Gasteiger partial charge on any atom is 0.337 e. The van der Waals surface area contributed by atoms with Gasteiger partial charge in [0.15, 0.2) is 5.13 Å². The lowest BCUT2D eigenvalue weighted by molar-refractivity contribution is 0.0698. The Hall–Kier alpha value is -2.08. The molecule has 88 valence electrons. The second-order valence-corrected chi connectivity index (χ2v) is 4.75. The number of nitrogen functional groups attached to an aromatic ring is 1. The van der Waals surface area contributed by atoms with Gasteiger partial charge in [-0.05, 0) is 25.1 Å². The highest BCUT2D eigenvalue weighted by molar-refractivity contribution is 7.15. The summed E-state index contributed by atoms with van der Waals surface area (Å²) in [6.07, 6.45) is 1.72. The number of aromatic nitrogens is 1. The van der Waals surface area contributed by atoms with Crippen molar-refractivity contribution in [2.45, 2.75) is 6.92 Å². The van der Waals surface area contributed by atoms with Gasteiger partial charge in [-0.3, -0.25) is 0 Å². The Bertz CT molecular complexity index is 566. The van der Waals surface area contributed by atoms with Crippen LogP contribution in [0.2, 0.25) is 0 Å². The van der Waals surface area contributed by atoms with E-state index in [0.717, 1.165) is 4.88 Å². The van der Waals surface area contributed by atoms with Crippen LogP contribution in [0.25, 0.3) is 0 Å². The first-order valence-corrected chi connectivity index (χ1v) is 5.70. The number of hydrogen-bond donors (Lipinski definition) is 3. The molecule has 2 rings (SSSR count). The van der Waals surface area contributed by atoms with Crippen LogP contribution in [0, 0.1) is 6.92 Å². The van der Waals surface area contributed by atoms with Gasteiger partial charge >= 0.3 is 5.97 Å². The summed E-state index contributed by atoms with van der Waals surface area (Å²) in [5.41, 5.74) is 6.77. The summed E-state index contributed by atoms with van der Waals surface area (Å²) in [4.78, 5) is 16.2. The summed E-state index contributed by atoms with van der Waals surface area (Å²) >= 11 is 1.45. The summed E-state index contributed by atoms with van der Waals surface area (Å²) in [5, 5.41) is 12.7. The number of thiazole rings is 1. The first kappa shape index (κ1) is 11.4. The van der Waals surface area contributed by atoms with E-state index in [1.54, 1.807) is 18.3 Å².